The van der Waals surface area contributed by atoms with E-state index in [-0.39, 0.29) is 33.4 Å². The fourth-order valence-electron chi connectivity index (χ4n) is 17.5. The third kappa shape index (κ3) is 5.24. The molecule has 1 saturated heterocycles. The molecule has 1 aromatic carbocycles. The zero-order valence-electron chi connectivity index (χ0n) is 32.4. The number of rotatable bonds is 9. The highest BCUT2D eigenvalue weighted by atomic mass is 16.6. The molecule has 1 heterocycles. The van der Waals surface area contributed by atoms with Gasteiger partial charge in [-0.15, -0.1) is 0 Å². The Morgan fingerprint density at radius 1 is 0.580 bits per heavy atom. The molecule has 0 spiro atoms. The van der Waals surface area contributed by atoms with Crippen molar-refractivity contribution in [3.63, 3.8) is 0 Å². The number of epoxide rings is 1. The van der Waals surface area contributed by atoms with E-state index in [2.05, 4.69) is 40.7 Å². The monoisotopic (exact) mass is 681 g/mol. The standard InChI is InChI=1S/C47H68O3/c1-43(2,3)27-44(4,5)50-39-15-38(45-16-28-6-29(17-45)8-30(7-28)18-45)42(49-26-37-25-48-37)41(47-22-34-12-35(23-47)14-36(13-34)24-47)40(39)46-19-31-9-32(20-46)11-33(10-31)21-46/h15,28-37H,6-14,16-27H2,1-5H3. The molecule has 3 heteroatoms. The Kier molecular flexibility index (Phi) is 6.91. The number of hydrogen-bond acceptors (Lipinski definition) is 3. The van der Waals surface area contributed by atoms with Crippen LogP contribution in [0.4, 0.5) is 0 Å². The van der Waals surface area contributed by atoms with E-state index in [1.807, 2.05) is 0 Å². The molecule has 0 aromatic heterocycles. The van der Waals surface area contributed by atoms with E-state index >= 15 is 0 Å². The van der Waals surface area contributed by atoms with Crippen molar-refractivity contribution in [3.8, 4) is 11.5 Å². The number of benzene rings is 1. The average molecular weight is 681 g/mol. The Hall–Kier alpha value is -1.22. The maximum atomic E-state index is 7.82. The van der Waals surface area contributed by atoms with Crippen LogP contribution in [0.5, 0.6) is 11.5 Å². The second kappa shape index (κ2) is 10.7. The molecule has 12 aliphatic carbocycles. The Balaban J connectivity index is 1.18. The fourth-order valence-corrected chi connectivity index (χ4v) is 17.5. The van der Waals surface area contributed by atoms with Gasteiger partial charge in [0.15, 0.2) is 0 Å². The summed E-state index contributed by atoms with van der Waals surface area (Å²) in [6.07, 6.45) is 27.3. The van der Waals surface area contributed by atoms with Crippen LogP contribution in [0.25, 0.3) is 0 Å². The van der Waals surface area contributed by atoms with Gasteiger partial charge in [0.2, 0.25) is 0 Å². The van der Waals surface area contributed by atoms with Crippen molar-refractivity contribution in [2.45, 2.75) is 185 Å². The first-order valence-electron chi connectivity index (χ1n) is 22.0. The lowest BCUT2D eigenvalue weighted by molar-refractivity contribution is -0.0233. The summed E-state index contributed by atoms with van der Waals surface area (Å²) in [7, 11) is 0. The zero-order valence-corrected chi connectivity index (χ0v) is 32.4. The van der Waals surface area contributed by atoms with Crippen LogP contribution < -0.4 is 9.47 Å². The quantitative estimate of drug-likeness (QED) is 0.243. The Morgan fingerprint density at radius 3 is 1.34 bits per heavy atom. The molecule has 13 fully saturated rings. The van der Waals surface area contributed by atoms with E-state index in [0.717, 1.165) is 72.9 Å². The third-order valence-corrected chi connectivity index (χ3v) is 17.1. The summed E-state index contributed by atoms with van der Waals surface area (Å²) >= 11 is 0. The van der Waals surface area contributed by atoms with Crippen molar-refractivity contribution in [2.24, 2.45) is 58.7 Å². The van der Waals surface area contributed by atoms with E-state index in [4.69, 9.17) is 14.2 Å². The van der Waals surface area contributed by atoms with Crippen LogP contribution in [-0.2, 0) is 21.0 Å². The van der Waals surface area contributed by atoms with Crippen LogP contribution in [0.15, 0.2) is 6.07 Å². The van der Waals surface area contributed by atoms with Crippen molar-refractivity contribution in [2.75, 3.05) is 13.2 Å². The summed E-state index contributed by atoms with van der Waals surface area (Å²) in [5, 5.41) is 0. The molecule has 12 saturated carbocycles. The van der Waals surface area contributed by atoms with Gasteiger partial charge < -0.3 is 14.2 Å². The molecule has 1 aromatic rings. The molecular weight excluding hydrogens is 613 g/mol. The summed E-state index contributed by atoms with van der Waals surface area (Å²) in [5.74, 6) is 11.0. The molecule has 0 amide bonds. The van der Waals surface area contributed by atoms with Gasteiger partial charge >= 0.3 is 0 Å². The predicted molar refractivity (Wildman–Crippen MR) is 200 cm³/mol. The molecule has 50 heavy (non-hydrogen) atoms. The number of ether oxygens (including phenoxy) is 3. The van der Waals surface area contributed by atoms with E-state index in [0.29, 0.717) is 0 Å². The second-order valence-corrected chi connectivity index (χ2v) is 23.5. The minimum Gasteiger partial charge on any atom is -0.490 e. The highest BCUT2D eigenvalue weighted by Crippen LogP contribution is 2.71. The van der Waals surface area contributed by atoms with Gasteiger partial charge in [0.25, 0.3) is 0 Å². The van der Waals surface area contributed by atoms with Gasteiger partial charge in [-0.05, 0) is 206 Å². The van der Waals surface area contributed by atoms with Gasteiger partial charge in [-0.1, -0.05) is 20.8 Å². The van der Waals surface area contributed by atoms with Crippen LogP contribution in [0.1, 0.15) is 173 Å². The second-order valence-electron chi connectivity index (χ2n) is 23.5. The molecule has 3 nitrogen and oxygen atoms in total. The molecule has 1 aliphatic heterocycles. The normalized spacial score (nSPS) is 47.7. The highest BCUT2D eigenvalue weighted by Gasteiger charge is 2.61. The van der Waals surface area contributed by atoms with Crippen molar-refractivity contribution in [1.29, 1.82) is 0 Å². The van der Waals surface area contributed by atoms with Gasteiger partial charge in [-0.25, -0.2) is 0 Å². The first kappa shape index (κ1) is 32.2. The van der Waals surface area contributed by atoms with Crippen molar-refractivity contribution < 1.29 is 14.2 Å². The lowest BCUT2D eigenvalue weighted by Crippen LogP contribution is -2.53. The zero-order chi connectivity index (χ0) is 33.8. The van der Waals surface area contributed by atoms with Crippen molar-refractivity contribution in [3.05, 3.63) is 22.8 Å². The Labute approximate surface area is 304 Å². The van der Waals surface area contributed by atoms with E-state index in [1.54, 1.807) is 16.7 Å². The summed E-state index contributed by atoms with van der Waals surface area (Å²) in [6.45, 7) is 13.7. The molecule has 13 aliphatic rings. The van der Waals surface area contributed by atoms with Gasteiger partial charge in [0, 0.05) is 27.5 Å². The lowest BCUT2D eigenvalue weighted by atomic mass is 9.43. The molecule has 1 atom stereocenters. The number of hydrogen-bond donors (Lipinski definition) is 0. The molecule has 0 N–H and O–H groups in total. The first-order chi connectivity index (χ1) is 23.8. The minimum absolute atomic E-state index is 0.211. The van der Waals surface area contributed by atoms with E-state index in [1.165, 1.54) is 127 Å². The molecule has 12 bridgehead atoms. The minimum atomic E-state index is -0.225. The maximum Gasteiger partial charge on any atom is 0.127 e. The fraction of sp³-hybridized carbons (Fsp3) is 0.872. The van der Waals surface area contributed by atoms with Crippen molar-refractivity contribution >= 4 is 0 Å². The highest BCUT2D eigenvalue weighted by molar-refractivity contribution is 5.63. The third-order valence-electron chi connectivity index (χ3n) is 17.1. The molecule has 274 valence electrons. The van der Waals surface area contributed by atoms with Crippen LogP contribution in [0.3, 0.4) is 0 Å². The van der Waals surface area contributed by atoms with Crippen LogP contribution in [0.2, 0.25) is 0 Å². The van der Waals surface area contributed by atoms with Crippen LogP contribution >= 0.6 is 0 Å². The van der Waals surface area contributed by atoms with Gasteiger partial charge in [-0.3, -0.25) is 0 Å². The smallest absolute Gasteiger partial charge is 0.127 e. The summed E-state index contributed by atoms with van der Waals surface area (Å²) in [6, 6.07) is 2.73. The van der Waals surface area contributed by atoms with Crippen LogP contribution in [0, 0.1) is 58.7 Å². The van der Waals surface area contributed by atoms with Gasteiger partial charge in [0.05, 0.1) is 6.61 Å². The largest absolute Gasteiger partial charge is 0.490 e. The van der Waals surface area contributed by atoms with Gasteiger partial charge in [-0.2, -0.15) is 0 Å². The Morgan fingerprint density at radius 2 is 0.960 bits per heavy atom. The SMILES string of the molecule is CC(C)(C)CC(C)(C)Oc1cc(C23CC4CC(CC(C4)C2)C3)c(OCC2CO2)c(C23CC4CC(CC(C4)C2)C3)c1C12CC3CC(CC(C3)C1)C2. The topological polar surface area (TPSA) is 31.0 Å². The molecule has 14 rings (SSSR count). The molecule has 1 unspecified atom stereocenters. The van der Waals surface area contributed by atoms with Gasteiger partial charge in [0.1, 0.15) is 29.8 Å². The Bertz CT molecular complexity index is 1430. The van der Waals surface area contributed by atoms with E-state index < -0.39 is 0 Å². The maximum absolute atomic E-state index is 7.82. The molecule has 0 radical (unpaired) electrons. The summed E-state index contributed by atoms with van der Waals surface area (Å²) in [5.41, 5.74) is 5.87. The lowest BCUT2D eigenvalue weighted by Gasteiger charge is -2.62. The predicted octanol–water partition coefficient (Wildman–Crippen LogP) is 11.5. The summed E-state index contributed by atoms with van der Waals surface area (Å²) in [4.78, 5) is 0. The molecular formula is C47H68O3. The summed E-state index contributed by atoms with van der Waals surface area (Å²) < 4.78 is 21.3. The van der Waals surface area contributed by atoms with Crippen LogP contribution in [-0.4, -0.2) is 24.9 Å². The van der Waals surface area contributed by atoms with Crippen molar-refractivity contribution in [1.82, 2.24) is 0 Å². The average Bonchev–Trinajstić information content (AvgIpc) is 3.81. The van der Waals surface area contributed by atoms with E-state index in [9.17, 15) is 0 Å². The first-order valence-corrected chi connectivity index (χ1v) is 22.0.